The van der Waals surface area contributed by atoms with Gasteiger partial charge in [0, 0.05) is 44.9 Å². The minimum atomic E-state index is -0.235. The van der Waals surface area contributed by atoms with Crippen LogP contribution in [0.25, 0.3) is 0 Å². The summed E-state index contributed by atoms with van der Waals surface area (Å²) >= 11 is 0. The highest BCUT2D eigenvalue weighted by atomic mass is 16.5. The summed E-state index contributed by atoms with van der Waals surface area (Å²) in [6.45, 7) is 4.50. The second-order valence-corrected chi connectivity index (χ2v) is 6.77. The molecule has 0 saturated carbocycles. The van der Waals surface area contributed by atoms with Crippen molar-refractivity contribution in [2.45, 2.75) is 44.8 Å². The predicted octanol–water partition coefficient (Wildman–Crippen LogP) is 1.89. The van der Waals surface area contributed by atoms with Gasteiger partial charge in [-0.3, -0.25) is 9.59 Å². The molecule has 1 aliphatic rings. The smallest absolute Gasteiger partial charge is 0.253 e. The number of likely N-dealkylation sites (tertiary alicyclic amines) is 1. The summed E-state index contributed by atoms with van der Waals surface area (Å²) in [5.74, 6) is 0.164. The molecular weight excluding hydrogens is 330 g/mol. The Kier molecular flexibility index (Phi) is 8.06. The predicted molar refractivity (Wildman–Crippen MR) is 102 cm³/mol. The molecule has 144 valence electrons. The van der Waals surface area contributed by atoms with Gasteiger partial charge in [0.2, 0.25) is 5.91 Å². The number of benzene rings is 1. The lowest BCUT2D eigenvalue weighted by atomic mass is 10.0. The van der Waals surface area contributed by atoms with E-state index in [4.69, 9.17) is 10.5 Å². The highest BCUT2D eigenvalue weighted by Crippen LogP contribution is 2.20. The molecule has 6 nitrogen and oxygen atoms in total. The maximum atomic E-state index is 12.7. The molecule has 1 atom stereocenters. The highest BCUT2D eigenvalue weighted by Gasteiger charge is 2.30. The first kappa shape index (κ1) is 20.4. The van der Waals surface area contributed by atoms with Gasteiger partial charge >= 0.3 is 0 Å². The largest absolute Gasteiger partial charge is 0.380 e. The molecule has 1 aliphatic heterocycles. The van der Waals surface area contributed by atoms with Crippen LogP contribution in [0.1, 0.15) is 43.0 Å². The number of piperidine rings is 1. The van der Waals surface area contributed by atoms with Crippen LogP contribution in [0.4, 0.5) is 0 Å². The lowest BCUT2D eigenvalue weighted by Gasteiger charge is -2.39. The quantitative estimate of drug-likeness (QED) is 0.767. The first-order valence-electron chi connectivity index (χ1n) is 9.47. The molecule has 0 aromatic heterocycles. The SMILES string of the molecule is CCCN(C(=O)CC(CN)OC)C1CCN(C(=O)c2ccccc2)CC1. The monoisotopic (exact) mass is 361 g/mol. The van der Waals surface area contributed by atoms with Crippen LogP contribution in [0.5, 0.6) is 0 Å². The molecule has 1 heterocycles. The number of hydrogen-bond donors (Lipinski definition) is 1. The lowest BCUT2D eigenvalue weighted by molar-refractivity contribution is -0.136. The van der Waals surface area contributed by atoms with Gasteiger partial charge in [0.25, 0.3) is 5.91 Å². The number of carbonyl (C=O) groups is 2. The number of hydrogen-bond acceptors (Lipinski definition) is 4. The number of nitrogens with two attached hydrogens (primary N) is 1. The molecule has 1 aromatic rings. The van der Waals surface area contributed by atoms with E-state index in [-0.39, 0.29) is 24.0 Å². The van der Waals surface area contributed by atoms with Gasteiger partial charge in [-0.05, 0) is 31.4 Å². The van der Waals surface area contributed by atoms with Gasteiger partial charge < -0.3 is 20.3 Å². The van der Waals surface area contributed by atoms with E-state index in [2.05, 4.69) is 6.92 Å². The van der Waals surface area contributed by atoms with Crippen molar-refractivity contribution in [1.29, 1.82) is 0 Å². The second kappa shape index (κ2) is 10.3. The van der Waals surface area contributed by atoms with Crippen LogP contribution >= 0.6 is 0 Å². The molecule has 0 radical (unpaired) electrons. The Morgan fingerprint density at radius 3 is 2.46 bits per heavy atom. The second-order valence-electron chi connectivity index (χ2n) is 6.77. The van der Waals surface area contributed by atoms with Gasteiger partial charge in [0.05, 0.1) is 12.5 Å². The summed E-state index contributed by atoms with van der Waals surface area (Å²) in [7, 11) is 1.59. The number of carbonyl (C=O) groups excluding carboxylic acids is 2. The van der Waals surface area contributed by atoms with Crippen molar-refractivity contribution in [3.05, 3.63) is 35.9 Å². The fourth-order valence-corrected chi connectivity index (χ4v) is 3.47. The Morgan fingerprint density at radius 1 is 1.27 bits per heavy atom. The van der Waals surface area contributed by atoms with Crippen LogP contribution in [-0.2, 0) is 9.53 Å². The van der Waals surface area contributed by atoms with E-state index in [1.165, 1.54) is 0 Å². The van der Waals surface area contributed by atoms with Crippen LogP contribution in [-0.4, -0.2) is 67.0 Å². The number of nitrogens with zero attached hydrogens (tertiary/aromatic N) is 2. The Labute approximate surface area is 156 Å². The van der Waals surface area contributed by atoms with E-state index in [1.807, 2.05) is 40.1 Å². The van der Waals surface area contributed by atoms with Gasteiger partial charge in [0.1, 0.15) is 0 Å². The Hall–Kier alpha value is -1.92. The summed E-state index contributed by atoms with van der Waals surface area (Å²) in [4.78, 5) is 29.1. The fourth-order valence-electron chi connectivity index (χ4n) is 3.47. The van der Waals surface area contributed by atoms with Gasteiger partial charge in [-0.15, -0.1) is 0 Å². The van der Waals surface area contributed by atoms with E-state index < -0.39 is 0 Å². The molecule has 2 rings (SSSR count). The van der Waals surface area contributed by atoms with Crippen molar-refractivity contribution >= 4 is 11.8 Å². The zero-order chi connectivity index (χ0) is 18.9. The third-order valence-electron chi connectivity index (χ3n) is 5.00. The molecule has 2 amide bonds. The van der Waals surface area contributed by atoms with E-state index in [9.17, 15) is 9.59 Å². The molecule has 1 fully saturated rings. The van der Waals surface area contributed by atoms with Gasteiger partial charge in [-0.25, -0.2) is 0 Å². The lowest BCUT2D eigenvalue weighted by Crippen LogP contribution is -2.49. The average molecular weight is 361 g/mol. The molecule has 1 unspecified atom stereocenters. The van der Waals surface area contributed by atoms with E-state index in [1.54, 1.807) is 7.11 Å². The molecule has 6 heteroatoms. The summed E-state index contributed by atoms with van der Waals surface area (Å²) in [6, 6.07) is 9.54. The molecular formula is C20H31N3O3. The normalized spacial score (nSPS) is 16.3. The van der Waals surface area contributed by atoms with Gasteiger partial charge in [0.15, 0.2) is 0 Å². The van der Waals surface area contributed by atoms with E-state index >= 15 is 0 Å². The average Bonchev–Trinajstić information content (AvgIpc) is 2.70. The Morgan fingerprint density at radius 2 is 1.92 bits per heavy atom. The van der Waals surface area contributed by atoms with Crippen molar-refractivity contribution in [1.82, 2.24) is 9.80 Å². The fraction of sp³-hybridized carbons (Fsp3) is 0.600. The van der Waals surface area contributed by atoms with Crippen LogP contribution in [0.3, 0.4) is 0 Å². The number of rotatable bonds is 8. The van der Waals surface area contributed by atoms with Crippen LogP contribution in [0.15, 0.2) is 30.3 Å². The van der Waals surface area contributed by atoms with Crippen LogP contribution in [0.2, 0.25) is 0 Å². The van der Waals surface area contributed by atoms with Crippen molar-refractivity contribution in [3.8, 4) is 0 Å². The third-order valence-corrected chi connectivity index (χ3v) is 5.00. The molecule has 0 bridgehead atoms. The first-order chi connectivity index (χ1) is 12.6. The summed E-state index contributed by atoms with van der Waals surface area (Å²) < 4.78 is 5.26. The summed E-state index contributed by atoms with van der Waals surface area (Å²) in [5.41, 5.74) is 6.37. The van der Waals surface area contributed by atoms with Crippen molar-refractivity contribution in [2.75, 3.05) is 33.3 Å². The van der Waals surface area contributed by atoms with E-state index in [0.29, 0.717) is 26.1 Å². The molecule has 26 heavy (non-hydrogen) atoms. The zero-order valence-electron chi connectivity index (χ0n) is 15.9. The van der Waals surface area contributed by atoms with Gasteiger partial charge in [-0.2, -0.15) is 0 Å². The molecule has 0 aliphatic carbocycles. The van der Waals surface area contributed by atoms with Crippen molar-refractivity contribution < 1.29 is 14.3 Å². The van der Waals surface area contributed by atoms with Crippen molar-refractivity contribution in [2.24, 2.45) is 5.73 Å². The first-order valence-corrected chi connectivity index (χ1v) is 9.47. The molecule has 0 spiro atoms. The topological polar surface area (TPSA) is 75.9 Å². The molecule has 1 saturated heterocycles. The van der Waals surface area contributed by atoms with E-state index in [0.717, 1.165) is 31.4 Å². The number of ether oxygens (including phenoxy) is 1. The third kappa shape index (κ3) is 5.29. The molecule has 2 N–H and O–H groups in total. The highest BCUT2D eigenvalue weighted by molar-refractivity contribution is 5.94. The summed E-state index contributed by atoms with van der Waals surface area (Å²) in [5, 5.41) is 0. The minimum absolute atomic E-state index is 0.0694. The maximum Gasteiger partial charge on any atom is 0.253 e. The minimum Gasteiger partial charge on any atom is -0.380 e. The maximum absolute atomic E-state index is 12.7. The number of amides is 2. The zero-order valence-corrected chi connectivity index (χ0v) is 15.9. The Balaban J connectivity index is 1.94. The van der Waals surface area contributed by atoms with Crippen LogP contribution in [0, 0.1) is 0 Å². The molecule has 1 aromatic carbocycles. The standard InChI is InChI=1S/C20H31N3O3/c1-3-11-23(19(24)14-18(15-21)26-2)17-9-12-22(13-10-17)20(25)16-7-5-4-6-8-16/h4-8,17-18H,3,9-15,21H2,1-2H3. The summed E-state index contributed by atoms with van der Waals surface area (Å²) in [6.07, 6.45) is 2.61. The van der Waals surface area contributed by atoms with Gasteiger partial charge in [-0.1, -0.05) is 25.1 Å². The Bertz CT molecular complexity index is 567. The van der Waals surface area contributed by atoms with Crippen molar-refractivity contribution in [3.63, 3.8) is 0 Å². The van der Waals surface area contributed by atoms with Crippen LogP contribution < -0.4 is 5.73 Å². The number of methoxy groups -OCH3 is 1.